The lowest BCUT2D eigenvalue weighted by Crippen LogP contribution is -2.35. The van der Waals surface area contributed by atoms with Crippen molar-refractivity contribution in [2.75, 3.05) is 0 Å². The largest absolute Gasteiger partial charge is 0.318 e. The summed E-state index contributed by atoms with van der Waals surface area (Å²) in [5.41, 5.74) is 4.08. The molecule has 0 unspecified atom stereocenters. The van der Waals surface area contributed by atoms with E-state index in [0.717, 1.165) is 34.1 Å². The first kappa shape index (κ1) is 18.7. The Hall–Kier alpha value is -2.64. The van der Waals surface area contributed by atoms with E-state index in [9.17, 15) is 4.79 Å². The molecule has 0 radical (unpaired) electrons. The van der Waals surface area contributed by atoms with Gasteiger partial charge in [-0.1, -0.05) is 18.5 Å². The number of fused-ring (bicyclic) bond motifs is 1. The quantitative estimate of drug-likeness (QED) is 0.739. The number of aliphatic imine (C=N–C) groups is 1. The minimum absolute atomic E-state index is 0.0576. The van der Waals surface area contributed by atoms with Crippen LogP contribution in [0, 0.1) is 19.3 Å². The third kappa shape index (κ3) is 3.10. The molecule has 6 nitrogen and oxygen atoms in total. The van der Waals surface area contributed by atoms with Crippen molar-refractivity contribution in [3.8, 4) is 5.69 Å². The van der Waals surface area contributed by atoms with E-state index in [2.05, 4.69) is 14.7 Å². The molecule has 0 saturated heterocycles. The molecule has 0 fully saturated rings. The van der Waals surface area contributed by atoms with Gasteiger partial charge in [0.25, 0.3) is 5.91 Å². The number of rotatable bonds is 3. The molecule has 0 atom stereocenters. The fraction of sp³-hybridized carbons (Fsp3) is 0.200. The van der Waals surface area contributed by atoms with Crippen LogP contribution in [0.4, 0.5) is 0 Å². The van der Waals surface area contributed by atoms with Crippen molar-refractivity contribution in [3.05, 3.63) is 57.9 Å². The Labute approximate surface area is 172 Å². The first-order chi connectivity index (χ1) is 13.4. The summed E-state index contributed by atoms with van der Waals surface area (Å²) in [6, 6.07) is 9.59. The van der Waals surface area contributed by atoms with Crippen LogP contribution in [0.25, 0.3) is 11.8 Å². The van der Waals surface area contributed by atoms with Crippen LogP contribution in [0.1, 0.15) is 30.3 Å². The first-order valence-electron chi connectivity index (χ1n) is 8.83. The lowest BCUT2D eigenvalue weighted by molar-refractivity contribution is -0.114. The van der Waals surface area contributed by atoms with Crippen LogP contribution >= 0.6 is 23.4 Å². The summed E-state index contributed by atoms with van der Waals surface area (Å²) in [6.45, 7) is 5.97. The molecule has 2 aliphatic heterocycles. The van der Waals surface area contributed by atoms with E-state index in [0.29, 0.717) is 10.2 Å². The van der Waals surface area contributed by atoms with E-state index < -0.39 is 5.91 Å². The second-order valence-corrected chi connectivity index (χ2v) is 7.98. The van der Waals surface area contributed by atoms with Crippen molar-refractivity contribution in [2.45, 2.75) is 27.2 Å². The number of hydrogen-bond acceptors (Lipinski definition) is 4. The predicted octanol–water partition coefficient (Wildman–Crippen LogP) is 4.78. The molecule has 0 spiro atoms. The zero-order chi connectivity index (χ0) is 20.0. The summed E-state index contributed by atoms with van der Waals surface area (Å²) in [5, 5.41) is 16.3. The highest BCUT2D eigenvalue weighted by molar-refractivity contribution is 8.26. The van der Waals surface area contributed by atoms with Gasteiger partial charge in [0.2, 0.25) is 5.17 Å². The van der Waals surface area contributed by atoms with Crippen LogP contribution in [0.3, 0.4) is 0 Å². The zero-order valence-corrected chi connectivity index (χ0v) is 17.2. The molecule has 1 N–H and O–H groups in total. The number of amidine groups is 2. The highest BCUT2D eigenvalue weighted by Gasteiger charge is 2.35. The van der Waals surface area contributed by atoms with E-state index in [1.807, 2.05) is 51.1 Å². The molecule has 0 aliphatic carbocycles. The number of hydrazone groups is 1. The Balaban J connectivity index is 1.75. The van der Waals surface area contributed by atoms with Gasteiger partial charge in [0, 0.05) is 22.1 Å². The molecular formula is C20H18ClN5OS. The summed E-state index contributed by atoms with van der Waals surface area (Å²) in [7, 11) is 0. The second kappa shape index (κ2) is 7.07. The normalized spacial score (nSPS) is 17.9. The Morgan fingerprint density at radius 1 is 1.25 bits per heavy atom. The molecule has 1 amide bonds. The smallest absolute Gasteiger partial charge is 0.283 e. The number of nitrogens with zero attached hydrogens (tertiary/aromatic N) is 4. The van der Waals surface area contributed by atoms with Gasteiger partial charge in [0.1, 0.15) is 5.04 Å². The molecule has 0 bridgehead atoms. The van der Waals surface area contributed by atoms with Crippen molar-refractivity contribution >= 4 is 51.4 Å². The molecule has 1 aromatic heterocycles. The van der Waals surface area contributed by atoms with E-state index in [-0.39, 0.29) is 11.4 Å². The number of hydrogen-bond donors (Lipinski definition) is 1. The number of aromatic nitrogens is 1. The number of benzene rings is 1. The van der Waals surface area contributed by atoms with Crippen molar-refractivity contribution in [1.29, 1.82) is 5.41 Å². The van der Waals surface area contributed by atoms with Gasteiger partial charge in [-0.25, -0.2) is 0 Å². The zero-order valence-electron chi connectivity index (χ0n) is 15.7. The maximum atomic E-state index is 12.5. The summed E-state index contributed by atoms with van der Waals surface area (Å²) in [4.78, 5) is 16.7. The average molecular weight is 412 g/mol. The third-order valence-electron chi connectivity index (χ3n) is 4.65. The first-order valence-corrected chi connectivity index (χ1v) is 10.0. The van der Waals surface area contributed by atoms with Crippen molar-refractivity contribution in [2.24, 2.45) is 10.1 Å². The molecule has 2 aromatic rings. The second-order valence-electron chi connectivity index (χ2n) is 6.51. The maximum absolute atomic E-state index is 12.5. The van der Waals surface area contributed by atoms with Gasteiger partial charge in [-0.05, 0) is 74.0 Å². The Kier molecular flexibility index (Phi) is 4.72. The third-order valence-corrected chi connectivity index (χ3v) is 5.96. The lowest BCUT2D eigenvalue weighted by atomic mass is 10.1. The van der Waals surface area contributed by atoms with Gasteiger partial charge in [-0.3, -0.25) is 10.2 Å². The fourth-order valence-corrected chi connectivity index (χ4v) is 4.20. The summed E-state index contributed by atoms with van der Waals surface area (Å²) >= 11 is 7.34. The summed E-state index contributed by atoms with van der Waals surface area (Å²) < 4.78 is 2.09. The van der Waals surface area contributed by atoms with Crippen LogP contribution in [-0.2, 0) is 4.79 Å². The number of nitrogens with one attached hydrogen (secondary N) is 1. The Morgan fingerprint density at radius 3 is 2.64 bits per heavy atom. The summed E-state index contributed by atoms with van der Waals surface area (Å²) in [6.07, 6.45) is 2.47. The Morgan fingerprint density at radius 2 is 1.96 bits per heavy atom. The van der Waals surface area contributed by atoms with E-state index in [4.69, 9.17) is 17.0 Å². The predicted molar refractivity (Wildman–Crippen MR) is 116 cm³/mol. The maximum Gasteiger partial charge on any atom is 0.283 e. The number of halogens is 1. The van der Waals surface area contributed by atoms with Gasteiger partial charge in [0.15, 0.2) is 5.84 Å². The van der Waals surface area contributed by atoms with Crippen molar-refractivity contribution < 1.29 is 4.79 Å². The minimum atomic E-state index is -0.410. The molecule has 1 aromatic carbocycles. The molecule has 4 rings (SSSR count). The number of amides is 1. The molecule has 0 saturated carbocycles. The molecular weight excluding hydrogens is 394 g/mol. The fourth-order valence-electron chi connectivity index (χ4n) is 3.25. The summed E-state index contributed by atoms with van der Waals surface area (Å²) in [5.74, 6) is -0.352. The van der Waals surface area contributed by atoms with Crippen molar-refractivity contribution in [3.63, 3.8) is 0 Å². The Bertz CT molecular complexity index is 1090. The van der Waals surface area contributed by atoms with Gasteiger partial charge in [0.05, 0.1) is 5.57 Å². The van der Waals surface area contributed by atoms with Gasteiger partial charge in [-0.2, -0.15) is 15.1 Å². The molecule has 2 aliphatic rings. The van der Waals surface area contributed by atoms with Gasteiger partial charge < -0.3 is 4.57 Å². The van der Waals surface area contributed by atoms with Crippen LogP contribution in [0.15, 0.2) is 46.0 Å². The van der Waals surface area contributed by atoms with E-state index >= 15 is 0 Å². The van der Waals surface area contributed by atoms with Crippen molar-refractivity contribution in [1.82, 2.24) is 9.58 Å². The lowest BCUT2D eigenvalue weighted by Gasteiger charge is -2.20. The number of carbonyl (C=O) groups excluding carboxylic acids is 1. The SMILES string of the molecule is CCC1=NN2C(=N)/C(=C/c3cc(C)n(-c4ccc(Cl)cc4)c3C)C(=O)N=C2S1. The standard InChI is InChI=1S/C20H18ClN5OS/c1-4-17-24-26-18(22)16(19(27)23-20(26)28-17)10-13-9-11(2)25(12(13)3)15-7-5-14(21)6-8-15/h5-10,22H,4H2,1-3H3/b16-10-,22-18?. The molecule has 8 heteroatoms. The van der Waals surface area contributed by atoms with Crippen LogP contribution < -0.4 is 0 Å². The number of aryl methyl sites for hydroxylation is 1. The van der Waals surface area contributed by atoms with E-state index in [1.54, 1.807) is 6.08 Å². The molecule has 28 heavy (non-hydrogen) atoms. The number of carbonyl (C=O) groups is 1. The van der Waals surface area contributed by atoms with Gasteiger partial charge >= 0.3 is 0 Å². The van der Waals surface area contributed by atoms with Gasteiger partial charge in [-0.15, -0.1) is 0 Å². The van der Waals surface area contributed by atoms with E-state index in [1.165, 1.54) is 16.8 Å². The van der Waals surface area contributed by atoms with Crippen LogP contribution in [0.5, 0.6) is 0 Å². The minimum Gasteiger partial charge on any atom is -0.318 e. The molecule has 142 valence electrons. The van der Waals surface area contributed by atoms with Crippen LogP contribution in [-0.4, -0.2) is 31.5 Å². The molecule has 3 heterocycles. The monoisotopic (exact) mass is 411 g/mol. The van der Waals surface area contributed by atoms with Crippen LogP contribution in [0.2, 0.25) is 5.02 Å². The highest BCUT2D eigenvalue weighted by atomic mass is 35.5. The topological polar surface area (TPSA) is 73.8 Å². The average Bonchev–Trinajstić information content (AvgIpc) is 3.20. The highest BCUT2D eigenvalue weighted by Crippen LogP contribution is 2.30. The number of thioether (sulfide) groups is 1.